The van der Waals surface area contributed by atoms with Gasteiger partial charge in [0, 0.05) is 23.6 Å². The predicted octanol–water partition coefficient (Wildman–Crippen LogP) is 1.98. The van der Waals surface area contributed by atoms with Gasteiger partial charge in [-0.05, 0) is 38.0 Å². The van der Waals surface area contributed by atoms with E-state index in [1.165, 1.54) is 0 Å². The summed E-state index contributed by atoms with van der Waals surface area (Å²) in [6.07, 6.45) is 0.561. The van der Waals surface area contributed by atoms with E-state index >= 15 is 0 Å². The first kappa shape index (κ1) is 12.6. The molecule has 1 unspecified atom stereocenters. The minimum Gasteiger partial charge on any atom is -0.396 e. The Hall–Kier alpha value is -1.81. The molecule has 2 rings (SSSR count). The van der Waals surface area contributed by atoms with Crippen molar-refractivity contribution in [2.45, 2.75) is 26.3 Å². The lowest BCUT2D eigenvalue weighted by Crippen LogP contribution is -2.33. The molecule has 1 aromatic heterocycles. The van der Waals surface area contributed by atoms with Crippen molar-refractivity contribution >= 4 is 16.8 Å². The van der Waals surface area contributed by atoms with Crippen molar-refractivity contribution in [3.05, 3.63) is 35.5 Å². The van der Waals surface area contributed by atoms with Crippen LogP contribution in [0, 0.1) is 6.92 Å². The number of benzene rings is 1. The van der Waals surface area contributed by atoms with Crippen molar-refractivity contribution in [2.75, 3.05) is 6.61 Å². The van der Waals surface area contributed by atoms with Crippen LogP contribution < -0.4 is 5.32 Å². The number of rotatable bonds is 4. The van der Waals surface area contributed by atoms with E-state index in [-0.39, 0.29) is 18.6 Å². The number of H-pyrrole nitrogens is 1. The molecule has 0 fully saturated rings. The zero-order chi connectivity index (χ0) is 13.1. The first-order valence-electron chi connectivity index (χ1n) is 6.11. The fourth-order valence-electron chi connectivity index (χ4n) is 1.93. The number of aromatic amines is 1. The Balaban J connectivity index is 2.18. The second-order valence-electron chi connectivity index (χ2n) is 4.66. The minimum atomic E-state index is -0.134. The van der Waals surface area contributed by atoms with E-state index in [0.717, 1.165) is 16.5 Å². The van der Waals surface area contributed by atoms with Gasteiger partial charge in [0.2, 0.25) is 0 Å². The Bertz CT molecular complexity index is 560. The van der Waals surface area contributed by atoms with Gasteiger partial charge >= 0.3 is 0 Å². The van der Waals surface area contributed by atoms with E-state index in [4.69, 9.17) is 5.11 Å². The highest BCUT2D eigenvalue weighted by Gasteiger charge is 2.11. The zero-order valence-electron chi connectivity index (χ0n) is 10.7. The van der Waals surface area contributed by atoms with Gasteiger partial charge < -0.3 is 15.4 Å². The molecule has 2 aromatic rings. The van der Waals surface area contributed by atoms with Crippen LogP contribution in [-0.4, -0.2) is 28.6 Å². The molecule has 18 heavy (non-hydrogen) atoms. The van der Waals surface area contributed by atoms with Crippen molar-refractivity contribution in [3.63, 3.8) is 0 Å². The number of aliphatic hydroxyl groups is 1. The number of nitrogens with one attached hydrogen (secondary N) is 2. The maximum atomic E-state index is 12.0. The average Bonchev–Trinajstić information content (AvgIpc) is 2.72. The number of carbonyl (C=O) groups is 1. The molecular formula is C14H18N2O2. The summed E-state index contributed by atoms with van der Waals surface area (Å²) < 4.78 is 0. The van der Waals surface area contributed by atoms with Crippen LogP contribution in [0.25, 0.3) is 10.9 Å². The molecule has 1 amide bonds. The summed E-state index contributed by atoms with van der Waals surface area (Å²) in [6, 6.07) is 7.84. The number of fused-ring (bicyclic) bond motifs is 1. The molecule has 96 valence electrons. The van der Waals surface area contributed by atoms with Gasteiger partial charge in [-0.2, -0.15) is 0 Å². The second kappa shape index (κ2) is 5.23. The minimum absolute atomic E-state index is 0.0318. The monoisotopic (exact) mass is 246 g/mol. The van der Waals surface area contributed by atoms with E-state index < -0.39 is 0 Å². The molecule has 0 aliphatic rings. The van der Waals surface area contributed by atoms with Crippen LogP contribution in [0.2, 0.25) is 0 Å². The third-order valence-corrected chi connectivity index (χ3v) is 2.96. The van der Waals surface area contributed by atoms with E-state index in [0.29, 0.717) is 12.1 Å². The summed E-state index contributed by atoms with van der Waals surface area (Å²) in [5, 5.41) is 12.7. The lowest BCUT2D eigenvalue weighted by atomic mass is 10.2. The quantitative estimate of drug-likeness (QED) is 0.772. The lowest BCUT2D eigenvalue weighted by molar-refractivity contribution is 0.0930. The molecule has 0 saturated heterocycles. The Kier molecular flexibility index (Phi) is 3.67. The molecule has 0 bridgehead atoms. The number of hydrogen-bond donors (Lipinski definition) is 3. The summed E-state index contributed by atoms with van der Waals surface area (Å²) in [5.74, 6) is -0.134. The Morgan fingerprint density at radius 2 is 2.22 bits per heavy atom. The smallest absolute Gasteiger partial charge is 0.267 e. The molecule has 0 radical (unpaired) electrons. The Morgan fingerprint density at radius 3 is 2.94 bits per heavy atom. The molecule has 0 spiro atoms. The molecular weight excluding hydrogens is 228 g/mol. The van der Waals surface area contributed by atoms with Gasteiger partial charge in [-0.3, -0.25) is 4.79 Å². The second-order valence-corrected chi connectivity index (χ2v) is 4.66. The van der Waals surface area contributed by atoms with Gasteiger partial charge in [0.15, 0.2) is 0 Å². The normalized spacial score (nSPS) is 12.6. The van der Waals surface area contributed by atoms with Crippen molar-refractivity contribution in [3.8, 4) is 0 Å². The van der Waals surface area contributed by atoms with Gasteiger partial charge in [0.05, 0.1) is 0 Å². The van der Waals surface area contributed by atoms with E-state index in [1.54, 1.807) is 0 Å². The average molecular weight is 246 g/mol. The van der Waals surface area contributed by atoms with Crippen molar-refractivity contribution < 1.29 is 9.90 Å². The van der Waals surface area contributed by atoms with Crippen molar-refractivity contribution in [2.24, 2.45) is 0 Å². The topological polar surface area (TPSA) is 65.1 Å². The number of amides is 1. The molecule has 0 saturated carbocycles. The third-order valence-electron chi connectivity index (χ3n) is 2.96. The van der Waals surface area contributed by atoms with Crippen molar-refractivity contribution in [1.29, 1.82) is 0 Å². The number of carbonyl (C=O) groups excluding carboxylic acids is 1. The van der Waals surface area contributed by atoms with Gasteiger partial charge in [-0.1, -0.05) is 12.1 Å². The molecule has 0 aliphatic carbocycles. The summed E-state index contributed by atoms with van der Waals surface area (Å²) in [6.45, 7) is 3.97. The summed E-state index contributed by atoms with van der Waals surface area (Å²) in [7, 11) is 0. The lowest BCUT2D eigenvalue weighted by Gasteiger charge is -2.11. The maximum absolute atomic E-state index is 12.0. The number of aromatic nitrogens is 1. The molecule has 1 atom stereocenters. The van der Waals surface area contributed by atoms with Gasteiger partial charge in [-0.25, -0.2) is 0 Å². The van der Waals surface area contributed by atoms with E-state index in [9.17, 15) is 4.79 Å². The third kappa shape index (κ3) is 2.71. The first-order chi connectivity index (χ1) is 8.60. The first-order valence-corrected chi connectivity index (χ1v) is 6.11. The zero-order valence-corrected chi connectivity index (χ0v) is 10.7. The largest absolute Gasteiger partial charge is 0.396 e. The molecule has 1 heterocycles. The fraction of sp³-hybridized carbons (Fsp3) is 0.357. The molecule has 4 heteroatoms. The number of aryl methyl sites for hydroxylation is 1. The Morgan fingerprint density at radius 1 is 1.44 bits per heavy atom. The van der Waals surface area contributed by atoms with Gasteiger partial charge in [-0.15, -0.1) is 0 Å². The number of hydrogen-bond acceptors (Lipinski definition) is 2. The molecule has 1 aromatic carbocycles. The van der Waals surface area contributed by atoms with Crippen LogP contribution in [0.15, 0.2) is 24.3 Å². The van der Waals surface area contributed by atoms with E-state index in [2.05, 4.69) is 10.3 Å². The Labute approximate surface area is 106 Å². The number of aliphatic hydroxyl groups excluding tert-OH is 1. The van der Waals surface area contributed by atoms with Crippen LogP contribution in [0.5, 0.6) is 0 Å². The van der Waals surface area contributed by atoms with Crippen molar-refractivity contribution in [1.82, 2.24) is 10.3 Å². The van der Waals surface area contributed by atoms with Crippen LogP contribution in [-0.2, 0) is 0 Å². The molecule has 3 N–H and O–H groups in total. The fourth-order valence-corrected chi connectivity index (χ4v) is 1.93. The summed E-state index contributed by atoms with van der Waals surface area (Å²) in [4.78, 5) is 15.1. The van der Waals surface area contributed by atoms with Crippen LogP contribution in [0.3, 0.4) is 0 Å². The molecule has 4 nitrogen and oxygen atoms in total. The highest BCUT2D eigenvalue weighted by molar-refractivity contribution is 5.98. The van der Waals surface area contributed by atoms with Gasteiger partial charge in [0.25, 0.3) is 5.91 Å². The maximum Gasteiger partial charge on any atom is 0.267 e. The van der Waals surface area contributed by atoms with Crippen LogP contribution in [0.4, 0.5) is 0 Å². The summed E-state index contributed by atoms with van der Waals surface area (Å²) in [5.41, 5.74) is 2.68. The van der Waals surface area contributed by atoms with Crippen LogP contribution in [0.1, 0.15) is 29.4 Å². The molecule has 0 aliphatic heterocycles. The van der Waals surface area contributed by atoms with E-state index in [1.807, 2.05) is 38.1 Å². The highest BCUT2D eigenvalue weighted by atomic mass is 16.3. The summed E-state index contributed by atoms with van der Waals surface area (Å²) >= 11 is 0. The standard InChI is InChI=1S/C14H18N2O2/c1-9-3-4-11-8-13(16-12(11)7-9)14(18)15-10(2)5-6-17/h3-4,7-8,10,16-17H,5-6H2,1-2H3,(H,15,18). The van der Waals surface area contributed by atoms with Crippen LogP contribution >= 0.6 is 0 Å². The highest BCUT2D eigenvalue weighted by Crippen LogP contribution is 2.16. The van der Waals surface area contributed by atoms with Gasteiger partial charge in [0.1, 0.15) is 5.69 Å². The SMILES string of the molecule is Cc1ccc2cc(C(=O)NC(C)CCO)[nH]c2c1. The predicted molar refractivity (Wildman–Crippen MR) is 71.7 cm³/mol.